The van der Waals surface area contributed by atoms with Gasteiger partial charge in [0.05, 0.1) is 5.52 Å². The fourth-order valence-electron chi connectivity index (χ4n) is 5.89. The first-order valence-electron chi connectivity index (χ1n) is 15.7. The van der Waals surface area contributed by atoms with Crippen molar-refractivity contribution in [1.29, 1.82) is 0 Å². The lowest BCUT2D eigenvalue weighted by molar-refractivity contribution is -0.125. The van der Waals surface area contributed by atoms with E-state index in [1.807, 2.05) is 70.0 Å². The number of benzene rings is 2. The van der Waals surface area contributed by atoms with Gasteiger partial charge in [-0.05, 0) is 49.9 Å². The predicted octanol–water partition coefficient (Wildman–Crippen LogP) is 5.16. The Balaban J connectivity index is 0.962. The Bertz CT molecular complexity index is 1950. The number of nitrogens with one attached hydrogen (secondary N) is 1. The molecule has 11 nitrogen and oxygen atoms in total. The highest BCUT2D eigenvalue weighted by Gasteiger charge is 2.34. The molecule has 5 aromatic rings. The van der Waals surface area contributed by atoms with Crippen LogP contribution in [0.25, 0.3) is 28.0 Å². The molecule has 0 radical (unpaired) electrons. The zero-order valence-electron chi connectivity index (χ0n) is 26.4. The monoisotopic (exact) mass is 629 g/mol. The van der Waals surface area contributed by atoms with E-state index in [1.165, 1.54) is 0 Å². The molecule has 238 valence electrons. The third-order valence-corrected chi connectivity index (χ3v) is 8.39. The maximum Gasteiger partial charge on any atom is 0.271 e. The number of unbranched alkanes of at least 4 members (excludes halogenated alkanes) is 1. The number of hydrogen-bond donors (Lipinski definition) is 1. The quantitative estimate of drug-likeness (QED) is 0.139. The van der Waals surface area contributed by atoms with Crippen molar-refractivity contribution in [1.82, 2.24) is 35.0 Å². The smallest absolute Gasteiger partial charge is 0.271 e. The van der Waals surface area contributed by atoms with Crippen LogP contribution < -0.4 is 5.32 Å². The summed E-state index contributed by atoms with van der Waals surface area (Å²) in [6.45, 7) is 4.62. The van der Waals surface area contributed by atoms with Gasteiger partial charge < -0.3 is 14.6 Å². The van der Waals surface area contributed by atoms with Gasteiger partial charge in [0.2, 0.25) is 11.7 Å². The van der Waals surface area contributed by atoms with Gasteiger partial charge in [-0.2, -0.15) is 0 Å². The minimum atomic E-state index is -0.181. The molecule has 1 N–H and O–H groups in total. The highest BCUT2D eigenvalue weighted by molar-refractivity contribution is 6.05. The summed E-state index contributed by atoms with van der Waals surface area (Å²) in [4.78, 5) is 52.4. The van der Waals surface area contributed by atoms with E-state index in [0.717, 1.165) is 33.3 Å². The van der Waals surface area contributed by atoms with Crippen LogP contribution in [0.15, 0.2) is 72.9 Å². The van der Waals surface area contributed by atoms with Crippen molar-refractivity contribution in [2.45, 2.75) is 59.0 Å². The Hall–Kier alpha value is -5.58. The number of ketones is 2. The van der Waals surface area contributed by atoms with Gasteiger partial charge in [-0.25, -0.2) is 0 Å². The Labute approximate surface area is 272 Å². The number of rotatable bonds is 13. The van der Waals surface area contributed by atoms with E-state index in [-0.39, 0.29) is 36.2 Å². The standard InChI is InChI=1S/C36H35N7O4/c1-23(44)28-17-19-43-31(20-28)33(26-8-4-3-5-9-26)30-22-42(36(47)34(30)43)18-7-6-10-29(45)15-16-32(46)37-21-25-11-13-27(14-12-25)35-40-38-24(2)39-41-35/h3-5,8-9,11-14,17,19-20H,6-7,10,15-16,18,21-22H2,1-2H3,(H,37,46). The van der Waals surface area contributed by atoms with Crippen LogP contribution in [0, 0.1) is 6.92 Å². The maximum atomic E-state index is 13.6. The molecule has 0 saturated carbocycles. The van der Waals surface area contributed by atoms with Gasteiger partial charge in [-0.15, -0.1) is 20.4 Å². The van der Waals surface area contributed by atoms with E-state index >= 15 is 0 Å². The summed E-state index contributed by atoms with van der Waals surface area (Å²) in [6.07, 6.45) is 3.80. The fourth-order valence-corrected chi connectivity index (χ4v) is 5.89. The largest absolute Gasteiger partial charge is 0.352 e. The lowest BCUT2D eigenvalue weighted by Crippen LogP contribution is -2.26. The van der Waals surface area contributed by atoms with Crippen molar-refractivity contribution in [3.05, 3.63) is 101 Å². The van der Waals surface area contributed by atoms with E-state index in [1.54, 1.807) is 26.1 Å². The first-order valence-corrected chi connectivity index (χ1v) is 15.7. The molecular weight excluding hydrogens is 594 g/mol. The lowest BCUT2D eigenvalue weighted by atomic mass is 10.0. The van der Waals surface area contributed by atoms with E-state index in [4.69, 9.17) is 0 Å². The first kappa shape index (κ1) is 31.4. The average molecular weight is 630 g/mol. The number of carbonyl (C=O) groups is 4. The van der Waals surface area contributed by atoms with Crippen molar-refractivity contribution < 1.29 is 19.2 Å². The molecule has 47 heavy (non-hydrogen) atoms. The molecule has 2 aromatic carbocycles. The molecule has 0 saturated heterocycles. The molecule has 0 aliphatic carbocycles. The average Bonchev–Trinajstić information content (AvgIpc) is 3.58. The summed E-state index contributed by atoms with van der Waals surface area (Å²) in [7, 11) is 0. The highest BCUT2D eigenvalue weighted by Crippen LogP contribution is 2.39. The summed E-state index contributed by atoms with van der Waals surface area (Å²) in [5.74, 6) is 0.706. The number of nitrogens with zero attached hydrogens (tertiary/aromatic N) is 6. The molecule has 11 heteroatoms. The van der Waals surface area contributed by atoms with Crippen molar-refractivity contribution in [3.63, 3.8) is 0 Å². The van der Waals surface area contributed by atoms with Crippen LogP contribution in [0.3, 0.4) is 0 Å². The molecule has 0 bridgehead atoms. The highest BCUT2D eigenvalue weighted by atomic mass is 16.2. The number of Topliss-reactive ketones (excluding diaryl/α,β-unsaturated/α-hetero) is 2. The fraction of sp³-hybridized carbons (Fsp3) is 0.278. The Kier molecular flexibility index (Phi) is 9.23. The SMILES string of the molecule is CC(=O)c1ccn2c3c(c(-c4ccccc4)c2c1)CN(CCCCC(=O)CCC(=O)NCc1ccc(-c2nnc(C)nn2)cc1)C3=O. The van der Waals surface area contributed by atoms with Crippen LogP contribution in [0.5, 0.6) is 0 Å². The van der Waals surface area contributed by atoms with Gasteiger partial charge in [0.1, 0.15) is 11.5 Å². The Morgan fingerprint density at radius 2 is 1.60 bits per heavy atom. The number of aromatic nitrogens is 5. The Morgan fingerprint density at radius 1 is 0.851 bits per heavy atom. The van der Waals surface area contributed by atoms with Gasteiger partial charge in [-0.1, -0.05) is 54.6 Å². The number of carbonyl (C=O) groups excluding carboxylic acids is 4. The van der Waals surface area contributed by atoms with Gasteiger partial charge in [0.25, 0.3) is 5.91 Å². The second-order valence-electron chi connectivity index (χ2n) is 11.8. The molecule has 0 unspecified atom stereocenters. The first-order chi connectivity index (χ1) is 22.8. The summed E-state index contributed by atoms with van der Waals surface area (Å²) >= 11 is 0. The second-order valence-corrected chi connectivity index (χ2v) is 11.8. The number of amides is 2. The van der Waals surface area contributed by atoms with Crippen LogP contribution in [0.1, 0.15) is 76.8 Å². The van der Waals surface area contributed by atoms with Gasteiger partial charge in [-0.3, -0.25) is 19.2 Å². The third-order valence-electron chi connectivity index (χ3n) is 8.39. The molecule has 3 aromatic heterocycles. The van der Waals surface area contributed by atoms with E-state index in [9.17, 15) is 19.2 Å². The third kappa shape index (κ3) is 6.99. The topological polar surface area (TPSA) is 140 Å². The number of pyridine rings is 1. The minimum absolute atomic E-state index is 0.0242. The Morgan fingerprint density at radius 3 is 2.32 bits per heavy atom. The van der Waals surface area contributed by atoms with E-state index < -0.39 is 0 Å². The molecule has 0 atom stereocenters. The number of hydrogen-bond acceptors (Lipinski definition) is 8. The predicted molar refractivity (Wildman–Crippen MR) is 175 cm³/mol. The number of aryl methyl sites for hydroxylation is 1. The summed E-state index contributed by atoms with van der Waals surface area (Å²) in [5, 5.41) is 18.8. The van der Waals surface area contributed by atoms with Crippen molar-refractivity contribution in [3.8, 4) is 22.5 Å². The van der Waals surface area contributed by atoms with Gasteiger partial charge in [0, 0.05) is 67.3 Å². The zero-order valence-corrected chi connectivity index (χ0v) is 26.4. The lowest BCUT2D eigenvalue weighted by Gasteiger charge is -2.17. The van der Waals surface area contributed by atoms with Crippen LogP contribution in [-0.4, -0.2) is 59.6 Å². The summed E-state index contributed by atoms with van der Waals surface area (Å²) < 4.78 is 1.89. The number of fused-ring (bicyclic) bond motifs is 3. The summed E-state index contributed by atoms with van der Waals surface area (Å²) in [5.41, 5.74) is 6.69. The van der Waals surface area contributed by atoms with Crippen LogP contribution in [0.2, 0.25) is 0 Å². The second kappa shape index (κ2) is 13.8. The maximum absolute atomic E-state index is 13.6. The molecule has 4 heterocycles. The minimum Gasteiger partial charge on any atom is -0.352 e. The molecule has 0 spiro atoms. The van der Waals surface area contributed by atoms with Gasteiger partial charge >= 0.3 is 0 Å². The van der Waals surface area contributed by atoms with Crippen LogP contribution >= 0.6 is 0 Å². The van der Waals surface area contributed by atoms with Crippen molar-refractivity contribution >= 4 is 28.9 Å². The van der Waals surface area contributed by atoms with Crippen molar-refractivity contribution in [2.24, 2.45) is 0 Å². The molecular formula is C36H35N7O4. The molecule has 2 amide bonds. The van der Waals surface area contributed by atoms with Gasteiger partial charge in [0.15, 0.2) is 11.6 Å². The molecule has 1 aliphatic heterocycles. The normalized spacial score (nSPS) is 12.4. The molecule has 6 rings (SSSR count). The summed E-state index contributed by atoms with van der Waals surface area (Å²) in [6, 6.07) is 21.0. The van der Waals surface area contributed by atoms with E-state index in [2.05, 4.69) is 25.7 Å². The van der Waals surface area contributed by atoms with E-state index in [0.29, 0.717) is 61.8 Å². The van der Waals surface area contributed by atoms with Crippen LogP contribution in [0.4, 0.5) is 0 Å². The molecule has 1 aliphatic rings. The zero-order chi connectivity index (χ0) is 32.9. The van der Waals surface area contributed by atoms with Crippen molar-refractivity contribution in [2.75, 3.05) is 6.54 Å². The van der Waals surface area contributed by atoms with Crippen LogP contribution in [-0.2, 0) is 22.7 Å². The molecule has 0 fully saturated rings.